The smallest absolute Gasteiger partial charge is 0.462 e. The highest BCUT2D eigenvalue weighted by molar-refractivity contribution is 7.47. The quantitative estimate of drug-likeness (QED) is 0.0211. The fourth-order valence-electron chi connectivity index (χ4n) is 13.1. The van der Waals surface area contributed by atoms with Gasteiger partial charge in [0.2, 0.25) is 0 Å². The van der Waals surface area contributed by atoms with Gasteiger partial charge >= 0.3 is 19.8 Å². The number of likely N-dealkylation sites (N-methyl/N-ethyl adjacent to an activating group) is 1. The molecule has 0 radical (unpaired) electrons. The molecular formula is C90H169NO8P+. The van der Waals surface area contributed by atoms with Gasteiger partial charge in [0.15, 0.2) is 6.10 Å². The third-order valence-corrected chi connectivity index (χ3v) is 20.7. The molecule has 0 amide bonds. The number of quaternary nitrogens is 1. The minimum absolute atomic E-state index is 0.0341. The maximum Gasteiger partial charge on any atom is 0.472 e. The number of phosphoric ester groups is 1. The Morgan fingerprint density at radius 1 is 0.320 bits per heavy atom. The van der Waals surface area contributed by atoms with Gasteiger partial charge in [-0.3, -0.25) is 18.6 Å². The minimum Gasteiger partial charge on any atom is -0.462 e. The lowest BCUT2D eigenvalue weighted by Gasteiger charge is -2.24. The Morgan fingerprint density at radius 3 is 0.850 bits per heavy atom. The van der Waals surface area contributed by atoms with E-state index in [9.17, 15) is 19.0 Å². The molecule has 2 unspecified atom stereocenters. The highest BCUT2D eigenvalue weighted by Crippen LogP contribution is 2.43. The fourth-order valence-corrected chi connectivity index (χ4v) is 13.8. The van der Waals surface area contributed by atoms with E-state index < -0.39 is 26.5 Å². The van der Waals surface area contributed by atoms with E-state index in [1.54, 1.807) is 0 Å². The summed E-state index contributed by atoms with van der Waals surface area (Å²) in [4.78, 5) is 36.0. The van der Waals surface area contributed by atoms with Crippen LogP contribution in [0.3, 0.4) is 0 Å². The van der Waals surface area contributed by atoms with Gasteiger partial charge in [0.1, 0.15) is 19.8 Å². The van der Waals surface area contributed by atoms with Gasteiger partial charge in [-0.1, -0.05) is 414 Å². The van der Waals surface area contributed by atoms with Crippen molar-refractivity contribution in [3.63, 3.8) is 0 Å². The van der Waals surface area contributed by atoms with Crippen molar-refractivity contribution in [1.29, 1.82) is 0 Å². The van der Waals surface area contributed by atoms with Crippen LogP contribution in [-0.4, -0.2) is 74.9 Å². The molecule has 1 N–H and O–H groups in total. The second-order valence-electron chi connectivity index (χ2n) is 30.9. The van der Waals surface area contributed by atoms with E-state index in [0.717, 1.165) is 64.2 Å². The normalized spacial score (nSPS) is 13.3. The number of rotatable bonds is 82. The number of hydrogen-bond donors (Lipinski definition) is 1. The number of ether oxygens (including phenoxy) is 2. The van der Waals surface area contributed by atoms with Crippen molar-refractivity contribution in [3.05, 3.63) is 72.9 Å². The zero-order valence-corrected chi connectivity index (χ0v) is 68.1. The number of carbonyl (C=O) groups excluding carboxylic acids is 2. The summed E-state index contributed by atoms with van der Waals surface area (Å²) in [6.45, 7) is 4.39. The molecule has 0 aromatic heterocycles. The first-order chi connectivity index (χ1) is 49.0. The molecule has 0 saturated carbocycles. The molecule has 2 atom stereocenters. The van der Waals surface area contributed by atoms with E-state index in [1.165, 1.54) is 340 Å². The standard InChI is InChI=1S/C90H168NO8P/c1-6-8-10-12-14-16-18-20-22-24-26-28-30-32-34-36-38-40-42-43-44-45-46-47-49-50-52-54-56-58-60-62-64-66-68-70-72-74-76-78-80-82-89(92)96-86-88(87-98-100(94,95)97-85-84-91(3,4)5)99-90(93)83-81-79-77-75-73-71-69-67-65-63-61-59-57-55-53-51-48-41-39-37-35-33-31-29-27-25-23-21-19-17-15-13-11-9-7-2/h9,11,15,17-18,20-21,23-24,26-27,29,88H,6-8,10,12-14,16,19,22,25,28,30-87H2,1-5H3/p+1/b11-9-,17-15-,20-18-,23-21-,26-24-,29-27-. The van der Waals surface area contributed by atoms with Crippen LogP contribution >= 0.6 is 7.82 Å². The molecule has 0 aromatic carbocycles. The Kier molecular flexibility index (Phi) is 78.5. The SMILES string of the molecule is CC/C=C\C/C=C\C/C=C\C/C=C\CCCCCCCCCCCCCCCCCCCCCCCCC(=O)OC(COC(=O)CCCCCCCCCCCCCCCCCCCCCCCCCCCCCCC/C=C\C/C=C\CCCCCCC)COP(=O)(O)OCC[N+](C)(C)C. The lowest BCUT2D eigenvalue weighted by Crippen LogP contribution is -2.37. The molecule has 0 bridgehead atoms. The molecule has 0 aliphatic carbocycles. The van der Waals surface area contributed by atoms with Crippen LogP contribution in [0, 0.1) is 0 Å². The van der Waals surface area contributed by atoms with Crippen LogP contribution in [0.25, 0.3) is 0 Å². The molecule has 10 heteroatoms. The molecule has 0 aliphatic rings. The molecule has 100 heavy (non-hydrogen) atoms. The van der Waals surface area contributed by atoms with Crippen LogP contribution in [-0.2, 0) is 32.7 Å². The Bertz CT molecular complexity index is 1920. The lowest BCUT2D eigenvalue weighted by atomic mass is 10.0. The number of allylic oxidation sites excluding steroid dienone is 12. The summed E-state index contributed by atoms with van der Waals surface area (Å²) < 4.78 is 34.9. The minimum atomic E-state index is -4.40. The summed E-state index contributed by atoms with van der Waals surface area (Å²) >= 11 is 0. The molecule has 0 aromatic rings. The van der Waals surface area contributed by atoms with Crippen LogP contribution in [0.5, 0.6) is 0 Å². The van der Waals surface area contributed by atoms with Crippen molar-refractivity contribution in [2.75, 3.05) is 47.5 Å². The second kappa shape index (κ2) is 80.5. The van der Waals surface area contributed by atoms with Crippen molar-refractivity contribution in [3.8, 4) is 0 Å². The molecule has 0 aliphatic heterocycles. The average molecular weight is 1420 g/mol. The number of carbonyl (C=O) groups is 2. The van der Waals surface area contributed by atoms with Gasteiger partial charge in [-0.25, -0.2) is 4.57 Å². The Labute approximate surface area is 622 Å². The van der Waals surface area contributed by atoms with Gasteiger partial charge in [-0.15, -0.1) is 0 Å². The predicted molar refractivity (Wildman–Crippen MR) is 436 cm³/mol. The van der Waals surface area contributed by atoms with Crippen molar-refractivity contribution in [2.45, 2.75) is 444 Å². The number of nitrogens with zero attached hydrogens (tertiary/aromatic N) is 1. The first kappa shape index (κ1) is 97.4. The van der Waals surface area contributed by atoms with Gasteiger partial charge in [0.05, 0.1) is 27.7 Å². The number of unbranched alkanes of at least 4 members (excludes halogenated alkanes) is 56. The van der Waals surface area contributed by atoms with E-state index in [2.05, 4.69) is 86.8 Å². The highest BCUT2D eigenvalue weighted by Gasteiger charge is 2.27. The van der Waals surface area contributed by atoms with Crippen LogP contribution in [0.1, 0.15) is 438 Å². The second-order valence-corrected chi connectivity index (χ2v) is 32.4. The van der Waals surface area contributed by atoms with Gasteiger partial charge in [-0.2, -0.15) is 0 Å². The largest absolute Gasteiger partial charge is 0.472 e. The van der Waals surface area contributed by atoms with Gasteiger partial charge in [0.25, 0.3) is 0 Å². The molecular weight excluding hydrogens is 1250 g/mol. The predicted octanol–water partition coefficient (Wildman–Crippen LogP) is 29.4. The van der Waals surface area contributed by atoms with Gasteiger partial charge < -0.3 is 18.9 Å². The van der Waals surface area contributed by atoms with E-state index in [1.807, 2.05) is 21.1 Å². The zero-order valence-electron chi connectivity index (χ0n) is 67.2. The highest BCUT2D eigenvalue weighted by atomic mass is 31.2. The number of esters is 2. The number of hydrogen-bond acceptors (Lipinski definition) is 7. The van der Waals surface area contributed by atoms with Crippen LogP contribution in [0.4, 0.5) is 0 Å². The van der Waals surface area contributed by atoms with Crippen LogP contribution < -0.4 is 0 Å². The molecule has 9 nitrogen and oxygen atoms in total. The van der Waals surface area contributed by atoms with E-state index in [-0.39, 0.29) is 25.6 Å². The topological polar surface area (TPSA) is 108 Å². The van der Waals surface area contributed by atoms with Crippen molar-refractivity contribution >= 4 is 19.8 Å². The maximum atomic E-state index is 12.9. The maximum absolute atomic E-state index is 12.9. The summed E-state index contributed by atoms with van der Waals surface area (Å²) in [5.74, 6) is -0.772. The summed E-state index contributed by atoms with van der Waals surface area (Å²) in [7, 11) is 1.50. The molecule has 586 valence electrons. The van der Waals surface area contributed by atoms with Crippen molar-refractivity contribution in [2.24, 2.45) is 0 Å². The molecule has 0 spiro atoms. The van der Waals surface area contributed by atoms with Gasteiger partial charge in [-0.05, 0) is 83.5 Å². The third-order valence-electron chi connectivity index (χ3n) is 19.7. The number of phosphoric acid groups is 1. The van der Waals surface area contributed by atoms with Crippen molar-refractivity contribution < 1.29 is 42.1 Å². The van der Waals surface area contributed by atoms with Crippen LogP contribution in [0.2, 0.25) is 0 Å². The summed E-state index contributed by atoms with van der Waals surface area (Å²) in [5.41, 5.74) is 0. The zero-order chi connectivity index (χ0) is 72.5. The summed E-state index contributed by atoms with van der Waals surface area (Å²) in [6, 6.07) is 0. The Morgan fingerprint density at radius 2 is 0.570 bits per heavy atom. The molecule has 0 fully saturated rings. The Balaban J connectivity index is 3.85. The van der Waals surface area contributed by atoms with Gasteiger partial charge in [0, 0.05) is 12.8 Å². The van der Waals surface area contributed by atoms with E-state index in [0.29, 0.717) is 23.9 Å². The summed E-state index contributed by atoms with van der Waals surface area (Å²) in [6.07, 6.45) is 111. The summed E-state index contributed by atoms with van der Waals surface area (Å²) in [5, 5.41) is 0. The van der Waals surface area contributed by atoms with E-state index in [4.69, 9.17) is 18.5 Å². The first-order valence-electron chi connectivity index (χ1n) is 43.7. The first-order valence-corrected chi connectivity index (χ1v) is 45.2. The monoisotopic (exact) mass is 1420 g/mol. The van der Waals surface area contributed by atoms with Crippen molar-refractivity contribution in [1.82, 2.24) is 0 Å². The molecule has 0 heterocycles. The lowest BCUT2D eigenvalue weighted by molar-refractivity contribution is -0.870. The third kappa shape index (κ3) is 84.4. The van der Waals surface area contributed by atoms with Crippen LogP contribution in [0.15, 0.2) is 72.9 Å². The fraction of sp³-hybridized carbons (Fsp3) is 0.844. The molecule has 0 saturated heterocycles. The molecule has 0 rings (SSSR count). The Hall–Kier alpha value is -2.55. The van der Waals surface area contributed by atoms with E-state index >= 15 is 0 Å². The average Bonchev–Trinajstić information content (AvgIpc) is 1.65.